The van der Waals surface area contributed by atoms with Crippen molar-refractivity contribution in [3.05, 3.63) is 277 Å². The summed E-state index contributed by atoms with van der Waals surface area (Å²) in [7, 11) is -2.85. The van der Waals surface area contributed by atoms with E-state index < -0.39 is 19.8 Å². The Morgan fingerprint density at radius 2 is 0.746 bits per heavy atom. The Balaban J connectivity index is 1.32. The number of benzene rings is 8. The maximum atomic E-state index is 16.8. The minimum atomic E-state index is -2.93. The number of fused-ring (bicyclic) bond motifs is 2. The van der Waals surface area contributed by atoms with E-state index in [1.165, 1.54) is 0 Å². The summed E-state index contributed by atoms with van der Waals surface area (Å²) in [5.41, 5.74) is 2.51. The van der Waals surface area contributed by atoms with E-state index in [2.05, 4.69) is 200 Å². The van der Waals surface area contributed by atoms with Crippen LogP contribution in [0.25, 0.3) is 0 Å². The van der Waals surface area contributed by atoms with E-state index in [0.29, 0.717) is 17.6 Å². The molecule has 0 amide bonds. The lowest BCUT2D eigenvalue weighted by Crippen LogP contribution is -2.39. The molecule has 8 aromatic rings. The SMILES string of the molecule is O=C(C1=C(C(=O)C(c2ccccc2)[P+](c2ccccc2)(c2ccccc2)c2ccccc2)C2C=CC1C2)C(c1ccccc1)=P(c1ccccc1)(c1ccccc1)c1ccccc1. The molecule has 0 spiro atoms. The molecule has 304 valence electrons. The molecule has 0 radical (unpaired) electrons. The molecule has 8 aromatic carbocycles. The number of hydrogen-bond donors (Lipinski definition) is 0. The molecule has 63 heavy (non-hydrogen) atoms. The Morgan fingerprint density at radius 1 is 0.413 bits per heavy atom. The highest BCUT2D eigenvalue weighted by atomic mass is 31.2. The second kappa shape index (κ2) is 17.6. The largest absolute Gasteiger partial charge is 0.290 e. The number of hydrogen-bond acceptors (Lipinski definition) is 2. The number of carbonyl (C=O) groups is 2. The fourth-order valence-corrected chi connectivity index (χ4v) is 19.7. The first-order valence-corrected chi connectivity index (χ1v) is 25.4. The zero-order valence-corrected chi connectivity index (χ0v) is 36.7. The Kier molecular flexibility index (Phi) is 11.3. The van der Waals surface area contributed by atoms with Gasteiger partial charge in [-0.15, -0.1) is 0 Å². The summed E-state index contributed by atoms with van der Waals surface area (Å²) in [5, 5.41) is 7.38. The van der Waals surface area contributed by atoms with E-state index >= 15 is 9.59 Å². The molecule has 0 saturated carbocycles. The van der Waals surface area contributed by atoms with Crippen LogP contribution >= 0.6 is 14.1 Å². The molecule has 0 saturated heterocycles. The van der Waals surface area contributed by atoms with E-state index in [1.54, 1.807) is 0 Å². The van der Waals surface area contributed by atoms with Gasteiger partial charge >= 0.3 is 0 Å². The van der Waals surface area contributed by atoms with Crippen LogP contribution in [0.1, 0.15) is 23.2 Å². The molecule has 10 rings (SSSR count). The topological polar surface area (TPSA) is 34.1 Å². The first kappa shape index (κ1) is 40.4. The molecule has 0 N–H and O–H groups in total. The van der Waals surface area contributed by atoms with Crippen LogP contribution in [0.3, 0.4) is 0 Å². The van der Waals surface area contributed by atoms with E-state index in [9.17, 15) is 0 Å². The predicted octanol–water partition coefficient (Wildman–Crippen LogP) is 10.6. The predicted molar refractivity (Wildman–Crippen MR) is 268 cm³/mol. The fraction of sp³-hybridized carbons (Fsp3) is 0.0678. The number of Topliss-reactive ketones (excluding diaryl/α,β-unsaturated/α-hetero) is 2. The second-order valence-electron chi connectivity index (χ2n) is 16.3. The molecule has 3 unspecified atom stereocenters. The number of carbonyl (C=O) groups excluding carboxylic acids is 2. The van der Waals surface area contributed by atoms with Crippen molar-refractivity contribution in [3.63, 3.8) is 0 Å². The zero-order valence-electron chi connectivity index (χ0n) is 34.9. The molecular formula is C59H47O2P2+. The van der Waals surface area contributed by atoms with Crippen molar-refractivity contribution in [1.29, 1.82) is 0 Å². The van der Waals surface area contributed by atoms with Crippen LogP contribution in [-0.2, 0) is 9.59 Å². The van der Waals surface area contributed by atoms with Gasteiger partial charge in [-0.3, -0.25) is 9.59 Å². The van der Waals surface area contributed by atoms with Crippen molar-refractivity contribution >= 4 is 62.8 Å². The van der Waals surface area contributed by atoms with Crippen LogP contribution in [0.4, 0.5) is 0 Å². The Morgan fingerprint density at radius 3 is 1.14 bits per heavy atom. The highest BCUT2D eigenvalue weighted by molar-refractivity contribution is 7.97. The summed E-state index contributed by atoms with van der Waals surface area (Å²) in [6.45, 7) is -2.93. The van der Waals surface area contributed by atoms with Crippen molar-refractivity contribution in [3.8, 4) is 0 Å². The third-order valence-electron chi connectivity index (χ3n) is 12.9. The van der Waals surface area contributed by atoms with Gasteiger partial charge in [0.2, 0.25) is 5.78 Å². The molecule has 2 aliphatic rings. The van der Waals surface area contributed by atoms with E-state index in [-0.39, 0.29) is 23.4 Å². The summed E-state index contributed by atoms with van der Waals surface area (Å²) >= 11 is 0. The van der Waals surface area contributed by atoms with Crippen LogP contribution in [0.5, 0.6) is 0 Å². The fourth-order valence-electron chi connectivity index (χ4n) is 10.3. The lowest BCUT2D eigenvalue weighted by atomic mass is 9.87. The molecule has 0 aliphatic heterocycles. The van der Waals surface area contributed by atoms with Crippen LogP contribution in [-0.4, -0.2) is 16.9 Å². The van der Waals surface area contributed by atoms with Crippen LogP contribution in [0.15, 0.2) is 266 Å². The standard InChI is InChI=1S/C59H47O2P2/c60-56(58(44-25-9-1-10-26-44)62(48-29-13-3-14-30-48,49-31-15-4-16-32-49)50-33-17-5-18-34-50)54-46-41-42-47(43-46)55(54)57(61)59(45-27-11-2-12-28-45)63(51-35-19-6-20-36-51,52-37-21-7-22-38-52)53-39-23-8-24-40-53/h1-42,46-47,58H,43H2/q+1. The van der Waals surface area contributed by atoms with E-state index in [1.807, 2.05) is 54.6 Å². The molecule has 2 bridgehead atoms. The Bertz CT molecular complexity index is 2790. The number of rotatable bonds is 13. The Labute approximate surface area is 371 Å². The van der Waals surface area contributed by atoms with Crippen molar-refractivity contribution in [2.75, 3.05) is 0 Å². The molecule has 2 aliphatic carbocycles. The van der Waals surface area contributed by atoms with Crippen molar-refractivity contribution in [2.24, 2.45) is 11.8 Å². The summed E-state index contributed by atoms with van der Waals surface area (Å²) in [6, 6.07) is 84.4. The van der Waals surface area contributed by atoms with Gasteiger partial charge in [0.15, 0.2) is 11.4 Å². The van der Waals surface area contributed by atoms with Gasteiger partial charge in [0.25, 0.3) is 0 Å². The van der Waals surface area contributed by atoms with Gasteiger partial charge in [-0.05, 0) is 71.2 Å². The van der Waals surface area contributed by atoms with Gasteiger partial charge in [0, 0.05) is 33.8 Å². The smallest absolute Gasteiger partial charge is 0.205 e. The lowest BCUT2D eigenvalue weighted by molar-refractivity contribution is -0.116. The van der Waals surface area contributed by atoms with Gasteiger partial charge in [-0.2, -0.15) is 0 Å². The quantitative estimate of drug-likeness (QED) is 0.0856. The molecule has 3 atom stereocenters. The third-order valence-corrected chi connectivity index (χ3v) is 21.9. The molecule has 0 heterocycles. The van der Waals surface area contributed by atoms with Gasteiger partial charge in [0.1, 0.15) is 23.2 Å². The summed E-state index contributed by atoms with van der Waals surface area (Å²) in [4.78, 5) is 33.6. The maximum Gasteiger partial charge on any atom is 0.205 e. The first-order valence-electron chi connectivity index (χ1n) is 21.7. The molecule has 4 heteroatoms. The molecule has 0 aromatic heterocycles. The van der Waals surface area contributed by atoms with Crippen molar-refractivity contribution in [2.45, 2.75) is 12.1 Å². The monoisotopic (exact) mass is 849 g/mol. The van der Waals surface area contributed by atoms with Crippen molar-refractivity contribution in [1.82, 2.24) is 0 Å². The summed E-state index contributed by atoms with van der Waals surface area (Å²) in [6.07, 6.45) is 5.09. The minimum absolute atomic E-state index is 0.0294. The van der Waals surface area contributed by atoms with Gasteiger partial charge < -0.3 is 0 Å². The number of allylic oxidation sites excluding steroid dienone is 4. The third kappa shape index (κ3) is 6.96. The molecule has 2 nitrogen and oxygen atoms in total. The average Bonchev–Trinajstić information content (AvgIpc) is 4.00. The molecular weight excluding hydrogens is 803 g/mol. The maximum absolute atomic E-state index is 16.8. The van der Waals surface area contributed by atoms with Gasteiger partial charge in [0.05, 0.1) is 0 Å². The molecule has 0 fully saturated rings. The second-order valence-corrected chi connectivity index (χ2v) is 23.1. The highest BCUT2D eigenvalue weighted by Gasteiger charge is 2.59. The average molecular weight is 850 g/mol. The Hall–Kier alpha value is -6.69. The highest BCUT2D eigenvalue weighted by Crippen LogP contribution is 2.68. The normalized spacial score (nSPS) is 16.1. The van der Waals surface area contributed by atoms with Crippen molar-refractivity contribution < 1.29 is 9.59 Å². The van der Waals surface area contributed by atoms with Gasteiger partial charge in [-0.25, -0.2) is 0 Å². The van der Waals surface area contributed by atoms with Crippen LogP contribution in [0.2, 0.25) is 0 Å². The minimum Gasteiger partial charge on any atom is -0.290 e. The lowest BCUT2D eigenvalue weighted by Gasteiger charge is -2.35. The van der Waals surface area contributed by atoms with E-state index in [0.717, 1.165) is 48.2 Å². The summed E-state index contributed by atoms with van der Waals surface area (Å²) < 4.78 is 0. The number of ketones is 2. The first-order chi connectivity index (χ1) is 31.1. The van der Waals surface area contributed by atoms with E-state index in [4.69, 9.17) is 0 Å². The van der Waals surface area contributed by atoms with Crippen LogP contribution in [0, 0.1) is 11.8 Å². The summed E-state index contributed by atoms with van der Waals surface area (Å²) in [5.74, 6) is -0.395. The zero-order chi connectivity index (χ0) is 42.6. The van der Waals surface area contributed by atoms with Gasteiger partial charge in [-0.1, -0.05) is 218 Å². The van der Waals surface area contributed by atoms with Crippen LogP contribution < -0.4 is 31.8 Å².